The Labute approximate surface area is 137 Å². The van der Waals surface area contributed by atoms with E-state index in [1.165, 1.54) is 12.1 Å². The molecule has 1 unspecified atom stereocenters. The second kappa shape index (κ2) is 7.23. The number of nitrogens with two attached hydrogens (primary N) is 1. The molecule has 2 aromatic rings. The molecule has 0 saturated carbocycles. The predicted octanol–water partition coefficient (Wildman–Crippen LogP) is 2.02. The number of primary sulfonamides is 1. The van der Waals surface area contributed by atoms with Crippen LogP contribution in [0.25, 0.3) is 0 Å². The van der Waals surface area contributed by atoms with Crippen LogP contribution >= 0.6 is 0 Å². The highest BCUT2D eigenvalue weighted by atomic mass is 32.2. The first-order chi connectivity index (χ1) is 10.8. The van der Waals surface area contributed by atoms with Gasteiger partial charge in [0.2, 0.25) is 10.0 Å². The second-order valence-corrected chi connectivity index (χ2v) is 7.24. The third kappa shape index (κ3) is 4.62. The zero-order chi connectivity index (χ0) is 17.0. The van der Waals surface area contributed by atoms with Gasteiger partial charge >= 0.3 is 0 Å². The summed E-state index contributed by atoms with van der Waals surface area (Å²) >= 11 is 0. The average molecular weight is 334 g/mol. The van der Waals surface area contributed by atoms with Crippen LogP contribution in [0.5, 0.6) is 0 Å². The van der Waals surface area contributed by atoms with Crippen molar-refractivity contribution >= 4 is 10.0 Å². The van der Waals surface area contributed by atoms with Gasteiger partial charge in [-0.1, -0.05) is 36.4 Å². The van der Waals surface area contributed by atoms with Crippen LogP contribution in [0.4, 0.5) is 0 Å². The molecule has 0 heterocycles. The first kappa shape index (κ1) is 17.6. The Balaban J connectivity index is 2.07. The fraction of sp³-hybridized carbons (Fsp3) is 0.294. The molecular formula is C17H22N2O3S. The molecule has 2 aromatic carbocycles. The number of aliphatic hydroxyl groups excluding tert-OH is 1. The van der Waals surface area contributed by atoms with E-state index in [1.807, 2.05) is 31.3 Å². The maximum atomic E-state index is 11.3. The highest BCUT2D eigenvalue weighted by Gasteiger charge is 2.14. The highest BCUT2D eigenvalue weighted by molar-refractivity contribution is 7.89. The van der Waals surface area contributed by atoms with E-state index in [9.17, 15) is 8.42 Å². The molecule has 5 nitrogen and oxygen atoms in total. The van der Waals surface area contributed by atoms with Crippen molar-refractivity contribution in [1.29, 1.82) is 0 Å². The zero-order valence-electron chi connectivity index (χ0n) is 13.3. The third-order valence-corrected chi connectivity index (χ3v) is 4.92. The molecule has 0 bridgehead atoms. The summed E-state index contributed by atoms with van der Waals surface area (Å²) in [5, 5.41) is 14.2. The monoisotopic (exact) mass is 334 g/mol. The largest absolute Gasteiger partial charge is 0.392 e. The van der Waals surface area contributed by atoms with Crippen molar-refractivity contribution in [2.75, 3.05) is 7.05 Å². The van der Waals surface area contributed by atoms with E-state index in [0.717, 1.165) is 23.2 Å². The summed E-state index contributed by atoms with van der Waals surface area (Å²) in [6.07, 6.45) is 0. The van der Waals surface area contributed by atoms with Gasteiger partial charge in [-0.15, -0.1) is 0 Å². The van der Waals surface area contributed by atoms with Crippen molar-refractivity contribution in [3.8, 4) is 0 Å². The van der Waals surface area contributed by atoms with Crippen LogP contribution in [0.2, 0.25) is 0 Å². The molecule has 0 aliphatic carbocycles. The van der Waals surface area contributed by atoms with Crippen molar-refractivity contribution in [3.63, 3.8) is 0 Å². The van der Waals surface area contributed by atoms with E-state index in [2.05, 4.69) is 11.8 Å². The van der Waals surface area contributed by atoms with Gasteiger partial charge in [-0.25, -0.2) is 13.6 Å². The first-order valence-corrected chi connectivity index (χ1v) is 8.87. The molecular weight excluding hydrogens is 312 g/mol. The SMILES string of the molecule is CC(c1ccc(S(N)(=O)=O)cc1)N(C)Cc1ccc(CO)cc1. The van der Waals surface area contributed by atoms with Gasteiger partial charge in [-0.3, -0.25) is 4.90 Å². The highest BCUT2D eigenvalue weighted by Crippen LogP contribution is 2.22. The Morgan fingerprint density at radius 3 is 2.04 bits per heavy atom. The van der Waals surface area contributed by atoms with E-state index in [-0.39, 0.29) is 17.5 Å². The lowest BCUT2D eigenvalue weighted by Gasteiger charge is -2.25. The predicted molar refractivity (Wildman–Crippen MR) is 90.1 cm³/mol. The number of rotatable bonds is 6. The van der Waals surface area contributed by atoms with Gasteiger partial charge in [0.1, 0.15) is 0 Å². The van der Waals surface area contributed by atoms with Crippen molar-refractivity contribution in [1.82, 2.24) is 4.90 Å². The van der Waals surface area contributed by atoms with Crippen molar-refractivity contribution in [3.05, 3.63) is 65.2 Å². The summed E-state index contributed by atoms with van der Waals surface area (Å²) < 4.78 is 22.6. The molecule has 0 saturated heterocycles. The zero-order valence-corrected chi connectivity index (χ0v) is 14.1. The number of sulfonamides is 1. The number of aliphatic hydroxyl groups is 1. The summed E-state index contributed by atoms with van der Waals surface area (Å²) in [5.41, 5.74) is 3.06. The minimum Gasteiger partial charge on any atom is -0.392 e. The van der Waals surface area contributed by atoms with E-state index in [4.69, 9.17) is 10.2 Å². The van der Waals surface area contributed by atoms with Gasteiger partial charge in [0.05, 0.1) is 11.5 Å². The number of hydrogen-bond donors (Lipinski definition) is 2. The normalized spacial score (nSPS) is 13.3. The lowest BCUT2D eigenvalue weighted by molar-refractivity contribution is 0.253. The van der Waals surface area contributed by atoms with E-state index >= 15 is 0 Å². The van der Waals surface area contributed by atoms with Crippen LogP contribution < -0.4 is 5.14 Å². The molecule has 0 amide bonds. The molecule has 0 fully saturated rings. The lowest BCUT2D eigenvalue weighted by atomic mass is 10.1. The number of hydrogen-bond acceptors (Lipinski definition) is 4. The second-order valence-electron chi connectivity index (χ2n) is 5.68. The van der Waals surface area contributed by atoms with Crippen molar-refractivity contribution < 1.29 is 13.5 Å². The minimum absolute atomic E-state index is 0.0446. The molecule has 1 atom stereocenters. The Morgan fingerprint density at radius 1 is 1.04 bits per heavy atom. The maximum Gasteiger partial charge on any atom is 0.238 e. The molecule has 0 radical (unpaired) electrons. The molecule has 0 aromatic heterocycles. The summed E-state index contributed by atoms with van der Waals surface area (Å²) in [6, 6.07) is 14.6. The molecule has 0 spiro atoms. The molecule has 2 rings (SSSR count). The fourth-order valence-corrected chi connectivity index (χ4v) is 2.88. The molecule has 6 heteroatoms. The summed E-state index contributed by atoms with van der Waals surface area (Å²) in [7, 11) is -1.64. The lowest BCUT2D eigenvalue weighted by Crippen LogP contribution is -2.22. The Bertz CT molecular complexity index is 740. The average Bonchev–Trinajstić information content (AvgIpc) is 2.54. The summed E-state index contributed by atoms with van der Waals surface area (Å²) in [5.74, 6) is 0. The molecule has 0 aliphatic heterocycles. The molecule has 0 aliphatic rings. The summed E-state index contributed by atoms with van der Waals surface area (Å²) in [6.45, 7) is 2.86. The van der Waals surface area contributed by atoms with Crippen LogP contribution in [0.3, 0.4) is 0 Å². The van der Waals surface area contributed by atoms with Crippen LogP contribution in [-0.2, 0) is 23.2 Å². The van der Waals surface area contributed by atoms with Crippen LogP contribution in [0.1, 0.15) is 29.7 Å². The van der Waals surface area contributed by atoms with E-state index < -0.39 is 10.0 Å². The number of benzene rings is 2. The molecule has 23 heavy (non-hydrogen) atoms. The van der Waals surface area contributed by atoms with Gasteiger partial charge in [-0.05, 0) is 42.8 Å². The number of nitrogens with zero attached hydrogens (tertiary/aromatic N) is 1. The van der Waals surface area contributed by atoms with Crippen LogP contribution in [0.15, 0.2) is 53.4 Å². The fourth-order valence-electron chi connectivity index (χ4n) is 2.37. The Hall–Kier alpha value is -1.73. The van der Waals surface area contributed by atoms with Crippen molar-refractivity contribution in [2.45, 2.75) is 31.0 Å². The van der Waals surface area contributed by atoms with E-state index in [1.54, 1.807) is 12.1 Å². The van der Waals surface area contributed by atoms with Crippen molar-refractivity contribution in [2.24, 2.45) is 5.14 Å². The van der Waals surface area contributed by atoms with Crippen LogP contribution in [0, 0.1) is 0 Å². The first-order valence-electron chi connectivity index (χ1n) is 7.33. The van der Waals surface area contributed by atoms with Gasteiger partial charge in [0, 0.05) is 12.6 Å². The molecule has 3 N–H and O–H groups in total. The quantitative estimate of drug-likeness (QED) is 0.846. The maximum absolute atomic E-state index is 11.3. The standard InChI is InChI=1S/C17H22N2O3S/c1-13(16-7-9-17(10-8-16)23(18,21)22)19(2)11-14-3-5-15(12-20)6-4-14/h3-10,13,20H,11-12H2,1-2H3,(H2,18,21,22). The van der Waals surface area contributed by atoms with Gasteiger partial charge < -0.3 is 5.11 Å². The summed E-state index contributed by atoms with van der Waals surface area (Å²) in [4.78, 5) is 2.29. The topological polar surface area (TPSA) is 83.6 Å². The van der Waals surface area contributed by atoms with Crippen LogP contribution in [-0.4, -0.2) is 25.5 Å². The Morgan fingerprint density at radius 2 is 1.57 bits per heavy atom. The van der Waals surface area contributed by atoms with E-state index in [0.29, 0.717) is 0 Å². The third-order valence-electron chi connectivity index (χ3n) is 3.99. The minimum atomic E-state index is -3.65. The van der Waals surface area contributed by atoms with Gasteiger partial charge in [0.15, 0.2) is 0 Å². The molecule has 124 valence electrons. The Kier molecular flexibility index (Phi) is 5.54. The van der Waals surface area contributed by atoms with Gasteiger partial charge in [0.25, 0.3) is 0 Å². The van der Waals surface area contributed by atoms with Gasteiger partial charge in [-0.2, -0.15) is 0 Å². The smallest absolute Gasteiger partial charge is 0.238 e.